The fourth-order valence-corrected chi connectivity index (χ4v) is 5.24. The average Bonchev–Trinajstić information content (AvgIpc) is 3.50. The molecular formula is C23H21N3O2S2. The Labute approximate surface area is 182 Å². The summed E-state index contributed by atoms with van der Waals surface area (Å²) in [6.45, 7) is 1.80. The third-order valence-electron chi connectivity index (χ3n) is 5.33. The summed E-state index contributed by atoms with van der Waals surface area (Å²) in [5.41, 5.74) is 3.33. The Bertz CT molecular complexity index is 1250. The third kappa shape index (κ3) is 3.63. The number of nitrogens with zero attached hydrogens (tertiary/aromatic N) is 2. The molecule has 5 rings (SSSR count). The smallest absolute Gasteiger partial charge is 0.318 e. The molecule has 5 nitrogen and oxygen atoms in total. The van der Waals surface area contributed by atoms with Crippen LogP contribution >= 0.6 is 23.1 Å². The van der Waals surface area contributed by atoms with Crippen molar-refractivity contribution in [3.8, 4) is 0 Å². The quantitative estimate of drug-likeness (QED) is 0.224. The van der Waals surface area contributed by atoms with Crippen LogP contribution in [0.5, 0.6) is 0 Å². The highest BCUT2D eigenvalue weighted by Crippen LogP contribution is 2.45. The van der Waals surface area contributed by atoms with E-state index in [9.17, 15) is 4.79 Å². The molecule has 7 heteroatoms. The molecule has 0 aliphatic heterocycles. The van der Waals surface area contributed by atoms with E-state index in [0.717, 1.165) is 21.7 Å². The maximum absolute atomic E-state index is 11.8. The van der Waals surface area contributed by atoms with Gasteiger partial charge in [-0.3, -0.25) is 4.79 Å². The minimum absolute atomic E-state index is 0.287. The fraction of sp³-hybridized carbons (Fsp3) is 0.261. The summed E-state index contributed by atoms with van der Waals surface area (Å²) in [6.07, 6.45) is 2.55. The minimum Gasteiger partial charge on any atom is -0.468 e. The van der Waals surface area contributed by atoms with E-state index in [4.69, 9.17) is 9.72 Å². The number of carbonyl (C=O) groups is 1. The van der Waals surface area contributed by atoms with Crippen LogP contribution in [0.1, 0.15) is 31.2 Å². The van der Waals surface area contributed by atoms with E-state index in [-0.39, 0.29) is 11.2 Å². The number of esters is 1. The van der Waals surface area contributed by atoms with Crippen LogP contribution in [0.25, 0.3) is 21.0 Å². The van der Waals surface area contributed by atoms with E-state index in [2.05, 4.69) is 46.7 Å². The van der Waals surface area contributed by atoms with Crippen molar-refractivity contribution < 1.29 is 9.53 Å². The summed E-state index contributed by atoms with van der Waals surface area (Å²) in [5.74, 6) is 1.17. The number of hydrogen-bond acceptors (Lipinski definition) is 7. The van der Waals surface area contributed by atoms with Crippen molar-refractivity contribution in [3.05, 3.63) is 53.4 Å². The SMILES string of the molecule is COC(=O)C(C)Sc1nc(Nc2ccc(C3CC3)c3ccccc23)c2sccc2n1. The van der Waals surface area contributed by atoms with Crippen LogP contribution in [0.15, 0.2) is 53.0 Å². The van der Waals surface area contributed by atoms with Gasteiger partial charge in [-0.25, -0.2) is 9.97 Å². The number of methoxy groups -OCH3 is 1. The molecule has 2 aromatic carbocycles. The van der Waals surface area contributed by atoms with Crippen molar-refractivity contribution in [1.82, 2.24) is 9.97 Å². The summed E-state index contributed by atoms with van der Waals surface area (Å²) in [7, 11) is 1.39. The molecule has 0 spiro atoms. The van der Waals surface area contributed by atoms with E-state index in [1.807, 2.05) is 11.4 Å². The Balaban J connectivity index is 1.55. The van der Waals surface area contributed by atoms with Gasteiger partial charge < -0.3 is 10.1 Å². The molecule has 0 saturated heterocycles. The zero-order valence-corrected chi connectivity index (χ0v) is 18.3. The van der Waals surface area contributed by atoms with Gasteiger partial charge in [-0.1, -0.05) is 42.1 Å². The number of fused-ring (bicyclic) bond motifs is 2. The van der Waals surface area contributed by atoms with Crippen LogP contribution in [0, 0.1) is 0 Å². The number of ether oxygens (including phenoxy) is 1. The van der Waals surface area contributed by atoms with Gasteiger partial charge in [0.25, 0.3) is 0 Å². The second-order valence-corrected chi connectivity index (χ2v) is 9.64. The summed E-state index contributed by atoms with van der Waals surface area (Å²) in [6, 6.07) is 14.9. The summed E-state index contributed by atoms with van der Waals surface area (Å²) in [5, 5.41) is 8.24. The molecule has 1 saturated carbocycles. The van der Waals surface area contributed by atoms with Gasteiger partial charge in [0.1, 0.15) is 5.25 Å². The monoisotopic (exact) mass is 435 g/mol. The Morgan fingerprint density at radius 3 is 2.73 bits per heavy atom. The first-order chi connectivity index (χ1) is 14.6. The molecule has 0 bridgehead atoms. The van der Waals surface area contributed by atoms with Crippen LogP contribution in [0.2, 0.25) is 0 Å². The maximum Gasteiger partial charge on any atom is 0.318 e. The van der Waals surface area contributed by atoms with Crippen LogP contribution in [0.3, 0.4) is 0 Å². The van der Waals surface area contributed by atoms with E-state index in [0.29, 0.717) is 11.1 Å². The number of carbonyl (C=O) groups excluding carboxylic acids is 1. The van der Waals surface area contributed by atoms with E-state index in [1.54, 1.807) is 18.3 Å². The van der Waals surface area contributed by atoms with Gasteiger partial charge in [0.05, 0.1) is 17.3 Å². The fourth-order valence-electron chi connectivity index (χ4n) is 3.66. The van der Waals surface area contributed by atoms with Crippen molar-refractivity contribution in [2.45, 2.75) is 36.1 Å². The van der Waals surface area contributed by atoms with Gasteiger partial charge in [0, 0.05) is 11.1 Å². The molecule has 2 aromatic heterocycles. The number of thiophene rings is 1. The molecular weight excluding hydrogens is 414 g/mol. The second kappa shape index (κ2) is 7.89. The van der Waals surface area contributed by atoms with E-state index in [1.165, 1.54) is 48.0 Å². The number of aromatic nitrogens is 2. The van der Waals surface area contributed by atoms with Gasteiger partial charge in [-0.05, 0) is 54.1 Å². The largest absolute Gasteiger partial charge is 0.468 e. The lowest BCUT2D eigenvalue weighted by Gasteiger charge is -2.14. The highest BCUT2D eigenvalue weighted by Gasteiger charge is 2.26. The molecule has 4 aromatic rings. The third-order valence-corrected chi connectivity index (χ3v) is 7.18. The standard InChI is InChI=1S/C23H21N3O2S2/c1-13(22(27)28-2)30-23-25-19-11-12-29-20(19)21(26-23)24-18-10-9-15(14-7-8-14)16-5-3-4-6-17(16)18/h3-6,9-14H,7-8H2,1-2H3,(H,24,25,26). The topological polar surface area (TPSA) is 64.1 Å². The number of anilines is 2. The lowest BCUT2D eigenvalue weighted by atomic mass is 9.99. The van der Waals surface area contributed by atoms with Gasteiger partial charge >= 0.3 is 5.97 Å². The van der Waals surface area contributed by atoms with Gasteiger partial charge in [0.2, 0.25) is 0 Å². The molecule has 1 atom stereocenters. The first-order valence-electron chi connectivity index (χ1n) is 9.92. The average molecular weight is 436 g/mol. The first-order valence-corrected chi connectivity index (χ1v) is 11.7. The van der Waals surface area contributed by atoms with Crippen molar-refractivity contribution in [3.63, 3.8) is 0 Å². The van der Waals surface area contributed by atoms with E-state index < -0.39 is 0 Å². The molecule has 1 fully saturated rings. The first kappa shape index (κ1) is 19.3. The van der Waals surface area contributed by atoms with Gasteiger partial charge in [-0.2, -0.15) is 0 Å². The molecule has 0 amide bonds. The van der Waals surface area contributed by atoms with Gasteiger partial charge in [0.15, 0.2) is 11.0 Å². The normalized spacial score (nSPS) is 14.7. The number of nitrogens with one attached hydrogen (secondary N) is 1. The predicted molar refractivity (Wildman–Crippen MR) is 124 cm³/mol. The van der Waals surface area contributed by atoms with Crippen LogP contribution < -0.4 is 5.32 Å². The maximum atomic E-state index is 11.8. The molecule has 152 valence electrons. The Hall–Kier alpha value is -2.64. The second-order valence-electron chi connectivity index (χ2n) is 7.42. The number of thioether (sulfide) groups is 1. The van der Waals surface area contributed by atoms with Crippen LogP contribution in [-0.2, 0) is 9.53 Å². The molecule has 2 heterocycles. The zero-order valence-electron chi connectivity index (χ0n) is 16.7. The van der Waals surface area contributed by atoms with Crippen molar-refractivity contribution >= 4 is 61.6 Å². The molecule has 0 radical (unpaired) electrons. The van der Waals surface area contributed by atoms with Crippen LogP contribution in [-0.4, -0.2) is 28.3 Å². The lowest BCUT2D eigenvalue weighted by Crippen LogP contribution is -2.15. The summed E-state index contributed by atoms with van der Waals surface area (Å²) >= 11 is 2.91. The highest BCUT2D eigenvalue weighted by molar-refractivity contribution is 8.00. The lowest BCUT2D eigenvalue weighted by molar-refractivity contribution is -0.139. The summed E-state index contributed by atoms with van der Waals surface area (Å²) < 4.78 is 5.84. The van der Waals surface area contributed by atoms with Crippen LogP contribution in [0.4, 0.5) is 11.5 Å². The van der Waals surface area contributed by atoms with Crippen molar-refractivity contribution in [1.29, 1.82) is 0 Å². The number of benzene rings is 2. The van der Waals surface area contributed by atoms with Crippen molar-refractivity contribution in [2.24, 2.45) is 0 Å². The van der Waals surface area contributed by atoms with Crippen molar-refractivity contribution in [2.75, 3.05) is 12.4 Å². The molecule has 30 heavy (non-hydrogen) atoms. The Morgan fingerprint density at radius 2 is 1.97 bits per heavy atom. The number of hydrogen-bond donors (Lipinski definition) is 1. The Morgan fingerprint density at radius 1 is 1.17 bits per heavy atom. The molecule has 1 aliphatic carbocycles. The molecule has 1 aliphatic rings. The minimum atomic E-state index is -0.377. The zero-order chi connectivity index (χ0) is 20.7. The molecule has 1 N–H and O–H groups in total. The van der Waals surface area contributed by atoms with E-state index >= 15 is 0 Å². The molecule has 1 unspecified atom stereocenters. The summed E-state index contributed by atoms with van der Waals surface area (Å²) in [4.78, 5) is 21.2. The highest BCUT2D eigenvalue weighted by atomic mass is 32.2. The predicted octanol–water partition coefficient (Wildman–Crippen LogP) is 6.12. The van der Waals surface area contributed by atoms with Gasteiger partial charge in [-0.15, -0.1) is 11.3 Å². The number of rotatable bonds is 6. The Kier molecular flexibility index (Phi) is 5.08.